The molecule has 2 rings (SSSR count). The molecule has 0 aliphatic carbocycles. The number of halogens is 3. The van der Waals surface area contributed by atoms with E-state index in [0.717, 1.165) is 4.47 Å². The second-order valence-corrected chi connectivity index (χ2v) is 8.61. The summed E-state index contributed by atoms with van der Waals surface area (Å²) >= 11 is 9.44. The number of amides is 2. The monoisotopic (exact) mass is 498 g/mol. The lowest BCUT2D eigenvalue weighted by molar-refractivity contribution is -0.142. The van der Waals surface area contributed by atoms with Gasteiger partial charge in [-0.15, -0.1) is 0 Å². The van der Waals surface area contributed by atoms with E-state index in [9.17, 15) is 14.0 Å². The van der Waals surface area contributed by atoms with E-state index in [0.29, 0.717) is 22.9 Å². The molecule has 0 saturated carbocycles. The second kappa shape index (κ2) is 11.3. The topological polar surface area (TPSA) is 58.6 Å². The molecule has 162 valence electrons. The first-order chi connectivity index (χ1) is 14.2. The van der Waals surface area contributed by atoms with Gasteiger partial charge in [-0.1, -0.05) is 59.6 Å². The molecule has 0 heterocycles. The first kappa shape index (κ1) is 24.2. The Kier molecular flexibility index (Phi) is 9.11. The van der Waals surface area contributed by atoms with Gasteiger partial charge in [-0.05, 0) is 37.1 Å². The quantitative estimate of drug-likeness (QED) is 0.539. The zero-order valence-electron chi connectivity index (χ0n) is 17.1. The fraction of sp³-hybridized carbons (Fsp3) is 0.364. The smallest absolute Gasteiger partial charge is 0.261 e. The summed E-state index contributed by atoms with van der Waals surface area (Å²) in [5.74, 6) is -0.600. The zero-order valence-corrected chi connectivity index (χ0v) is 19.5. The van der Waals surface area contributed by atoms with E-state index in [-0.39, 0.29) is 25.0 Å². The van der Waals surface area contributed by atoms with E-state index in [2.05, 4.69) is 21.2 Å². The van der Waals surface area contributed by atoms with Gasteiger partial charge in [0.15, 0.2) is 6.61 Å². The summed E-state index contributed by atoms with van der Waals surface area (Å²) in [6.45, 7) is 5.65. The van der Waals surface area contributed by atoms with Gasteiger partial charge in [0.25, 0.3) is 5.91 Å². The highest BCUT2D eigenvalue weighted by Gasteiger charge is 2.27. The van der Waals surface area contributed by atoms with Crippen LogP contribution in [0.3, 0.4) is 0 Å². The molecule has 0 aromatic heterocycles. The third kappa shape index (κ3) is 6.99. The maximum atomic E-state index is 14.2. The van der Waals surface area contributed by atoms with Crippen LogP contribution < -0.4 is 10.1 Å². The Balaban J connectivity index is 2.17. The third-order valence-corrected chi connectivity index (χ3v) is 5.18. The van der Waals surface area contributed by atoms with Crippen LogP contribution in [0.1, 0.15) is 26.3 Å². The Morgan fingerprint density at radius 3 is 2.53 bits per heavy atom. The van der Waals surface area contributed by atoms with Gasteiger partial charge in [0.2, 0.25) is 5.91 Å². The Labute approximate surface area is 189 Å². The Morgan fingerprint density at radius 1 is 1.20 bits per heavy atom. The van der Waals surface area contributed by atoms with Crippen molar-refractivity contribution in [3.8, 4) is 5.75 Å². The van der Waals surface area contributed by atoms with Crippen molar-refractivity contribution in [2.75, 3.05) is 13.2 Å². The van der Waals surface area contributed by atoms with Crippen molar-refractivity contribution in [2.45, 2.75) is 33.4 Å². The van der Waals surface area contributed by atoms with Crippen LogP contribution in [0, 0.1) is 11.7 Å². The number of benzene rings is 2. The molecule has 8 heteroatoms. The molecule has 0 spiro atoms. The van der Waals surface area contributed by atoms with Crippen molar-refractivity contribution < 1.29 is 18.7 Å². The minimum absolute atomic E-state index is 0.0563. The lowest BCUT2D eigenvalue weighted by Crippen LogP contribution is -2.49. The molecule has 0 saturated heterocycles. The number of hydrogen-bond acceptors (Lipinski definition) is 3. The van der Waals surface area contributed by atoms with Crippen molar-refractivity contribution in [3.05, 3.63) is 63.3 Å². The number of rotatable bonds is 9. The zero-order chi connectivity index (χ0) is 22.3. The molecule has 0 aliphatic heterocycles. The molecule has 0 radical (unpaired) electrons. The summed E-state index contributed by atoms with van der Waals surface area (Å²) < 4.78 is 20.5. The van der Waals surface area contributed by atoms with Crippen LogP contribution >= 0.6 is 27.5 Å². The predicted molar refractivity (Wildman–Crippen MR) is 119 cm³/mol. The number of carbonyl (C=O) groups is 2. The molecule has 2 aromatic rings. The van der Waals surface area contributed by atoms with E-state index < -0.39 is 17.8 Å². The summed E-state index contributed by atoms with van der Waals surface area (Å²) in [7, 11) is 0. The highest BCUT2D eigenvalue weighted by Crippen LogP contribution is 2.27. The number of nitrogens with one attached hydrogen (secondary N) is 1. The SMILES string of the molecule is CC(C)CNC(=O)[C@@H](C)N(Cc1ccccc1F)C(=O)COc1ccc(Br)cc1Cl. The van der Waals surface area contributed by atoms with E-state index in [1.165, 1.54) is 11.0 Å². The first-order valence-corrected chi connectivity index (χ1v) is 10.7. The van der Waals surface area contributed by atoms with Crippen molar-refractivity contribution in [2.24, 2.45) is 5.92 Å². The summed E-state index contributed by atoms with van der Waals surface area (Å²) in [5, 5.41) is 3.16. The van der Waals surface area contributed by atoms with Gasteiger partial charge in [0, 0.05) is 23.1 Å². The van der Waals surface area contributed by atoms with Gasteiger partial charge < -0.3 is 15.0 Å². The molecule has 2 amide bonds. The minimum Gasteiger partial charge on any atom is -0.482 e. The van der Waals surface area contributed by atoms with Crippen LogP contribution in [-0.2, 0) is 16.1 Å². The van der Waals surface area contributed by atoms with Crippen molar-refractivity contribution >= 4 is 39.3 Å². The van der Waals surface area contributed by atoms with Gasteiger partial charge in [-0.25, -0.2) is 4.39 Å². The van der Waals surface area contributed by atoms with Crippen LogP contribution in [0.15, 0.2) is 46.9 Å². The Bertz CT molecular complexity index is 894. The molecular formula is C22H25BrClFN2O3. The van der Waals surface area contributed by atoms with Crippen molar-refractivity contribution in [3.63, 3.8) is 0 Å². The summed E-state index contributed by atoms with van der Waals surface area (Å²) in [5.41, 5.74) is 0.316. The number of carbonyl (C=O) groups excluding carboxylic acids is 2. The molecular weight excluding hydrogens is 475 g/mol. The standard InChI is InChI=1S/C22H25BrClFN2O3/c1-14(2)11-26-22(29)15(3)27(12-16-6-4-5-7-19(16)25)21(28)13-30-20-9-8-17(23)10-18(20)24/h4-10,14-15H,11-13H2,1-3H3,(H,26,29)/t15-/m1/s1. The Morgan fingerprint density at radius 2 is 1.90 bits per heavy atom. The molecule has 0 fully saturated rings. The maximum absolute atomic E-state index is 14.2. The predicted octanol–water partition coefficient (Wildman–Crippen LogP) is 4.81. The van der Waals surface area contributed by atoms with E-state index >= 15 is 0 Å². The summed E-state index contributed by atoms with van der Waals surface area (Å²) in [4.78, 5) is 26.8. The van der Waals surface area contributed by atoms with Crippen LogP contribution in [0.4, 0.5) is 4.39 Å². The van der Waals surface area contributed by atoms with Crippen LogP contribution in [0.25, 0.3) is 0 Å². The van der Waals surface area contributed by atoms with E-state index in [4.69, 9.17) is 16.3 Å². The first-order valence-electron chi connectivity index (χ1n) is 9.57. The normalized spacial score (nSPS) is 11.8. The Hall–Kier alpha value is -2.12. The van der Waals surface area contributed by atoms with Crippen molar-refractivity contribution in [1.82, 2.24) is 10.2 Å². The largest absolute Gasteiger partial charge is 0.482 e. The van der Waals surface area contributed by atoms with E-state index in [1.54, 1.807) is 43.3 Å². The molecule has 1 N–H and O–H groups in total. The molecule has 0 aliphatic rings. The van der Waals surface area contributed by atoms with Crippen LogP contribution in [0.5, 0.6) is 5.75 Å². The number of ether oxygens (including phenoxy) is 1. The average molecular weight is 500 g/mol. The summed E-state index contributed by atoms with van der Waals surface area (Å²) in [6.07, 6.45) is 0. The third-order valence-electron chi connectivity index (χ3n) is 4.40. The van der Waals surface area contributed by atoms with Gasteiger partial charge in [0.1, 0.15) is 17.6 Å². The number of hydrogen-bond donors (Lipinski definition) is 1. The molecule has 0 unspecified atom stereocenters. The van der Waals surface area contributed by atoms with Gasteiger partial charge >= 0.3 is 0 Å². The fourth-order valence-corrected chi connectivity index (χ4v) is 3.39. The van der Waals surface area contributed by atoms with Crippen LogP contribution in [-0.4, -0.2) is 35.9 Å². The molecule has 0 bridgehead atoms. The van der Waals surface area contributed by atoms with Gasteiger partial charge in [0.05, 0.1) is 5.02 Å². The highest BCUT2D eigenvalue weighted by atomic mass is 79.9. The lowest BCUT2D eigenvalue weighted by atomic mass is 10.1. The molecule has 1 atom stereocenters. The second-order valence-electron chi connectivity index (χ2n) is 7.29. The number of nitrogens with zero attached hydrogens (tertiary/aromatic N) is 1. The fourth-order valence-electron chi connectivity index (χ4n) is 2.66. The van der Waals surface area contributed by atoms with E-state index in [1.807, 2.05) is 13.8 Å². The van der Waals surface area contributed by atoms with Crippen LogP contribution in [0.2, 0.25) is 5.02 Å². The maximum Gasteiger partial charge on any atom is 0.261 e. The molecule has 5 nitrogen and oxygen atoms in total. The van der Waals surface area contributed by atoms with Crippen molar-refractivity contribution in [1.29, 1.82) is 0 Å². The molecule has 2 aromatic carbocycles. The average Bonchev–Trinajstić information content (AvgIpc) is 2.70. The lowest BCUT2D eigenvalue weighted by Gasteiger charge is -2.29. The van der Waals surface area contributed by atoms with Gasteiger partial charge in [-0.3, -0.25) is 9.59 Å². The highest BCUT2D eigenvalue weighted by molar-refractivity contribution is 9.10. The van der Waals surface area contributed by atoms with Gasteiger partial charge in [-0.2, -0.15) is 0 Å². The molecule has 30 heavy (non-hydrogen) atoms. The minimum atomic E-state index is -0.806. The summed E-state index contributed by atoms with van der Waals surface area (Å²) in [6, 6.07) is 10.4.